The number of amides is 1. The summed E-state index contributed by atoms with van der Waals surface area (Å²) in [6, 6.07) is 6.19. The number of carboxylic acid groups (broad SMARTS) is 1. The second kappa shape index (κ2) is 7.40. The summed E-state index contributed by atoms with van der Waals surface area (Å²) in [4.78, 5) is 24.4. The number of likely N-dealkylation sites (N-methyl/N-ethyl adjacent to an activating group) is 1. The van der Waals surface area contributed by atoms with Gasteiger partial charge in [0.2, 0.25) is 5.91 Å². The molecule has 122 valence electrons. The van der Waals surface area contributed by atoms with Gasteiger partial charge < -0.3 is 10.0 Å². The van der Waals surface area contributed by atoms with Crippen LogP contribution in [0, 0.1) is 5.92 Å². The van der Waals surface area contributed by atoms with Crippen LogP contribution in [-0.2, 0) is 25.8 Å². The summed E-state index contributed by atoms with van der Waals surface area (Å²) in [6.45, 7) is 3.25. The normalized spacial score (nSPS) is 12.7. The number of sulfone groups is 1. The molecule has 0 aromatic heterocycles. The first kappa shape index (κ1) is 18.2. The molecule has 0 aliphatic heterocycles. The molecule has 7 heteroatoms. The van der Waals surface area contributed by atoms with Crippen molar-refractivity contribution in [2.75, 3.05) is 19.3 Å². The molecule has 22 heavy (non-hydrogen) atoms. The van der Waals surface area contributed by atoms with Crippen molar-refractivity contribution in [2.24, 2.45) is 5.92 Å². The standard InChI is InChI=1S/C15H21NO5S/c1-4-22(20,21)13-7-5-12(6-8-13)9-14(17)16(3)10-11(2)15(18)19/h5-8,11H,4,9-10H2,1-3H3,(H,18,19). The Balaban J connectivity index is 2.71. The Bertz CT molecular complexity index is 636. The van der Waals surface area contributed by atoms with E-state index in [0.717, 1.165) is 0 Å². The van der Waals surface area contributed by atoms with Crippen LogP contribution in [0.15, 0.2) is 29.2 Å². The fraction of sp³-hybridized carbons (Fsp3) is 0.467. The maximum Gasteiger partial charge on any atom is 0.308 e. The fourth-order valence-corrected chi connectivity index (χ4v) is 2.77. The molecule has 0 aliphatic rings. The van der Waals surface area contributed by atoms with E-state index >= 15 is 0 Å². The van der Waals surface area contributed by atoms with Gasteiger partial charge in [-0.15, -0.1) is 0 Å². The molecule has 1 aromatic rings. The molecule has 1 atom stereocenters. The molecule has 1 unspecified atom stereocenters. The zero-order chi connectivity index (χ0) is 16.9. The number of hydrogen-bond donors (Lipinski definition) is 1. The Morgan fingerprint density at radius 2 is 1.77 bits per heavy atom. The maximum absolute atomic E-state index is 12.0. The highest BCUT2D eigenvalue weighted by Crippen LogP contribution is 2.13. The Hall–Kier alpha value is -1.89. The lowest BCUT2D eigenvalue weighted by Crippen LogP contribution is -2.34. The molecular formula is C15H21NO5S. The van der Waals surface area contributed by atoms with Crippen LogP contribution in [0.2, 0.25) is 0 Å². The van der Waals surface area contributed by atoms with E-state index in [1.165, 1.54) is 24.0 Å². The van der Waals surface area contributed by atoms with Gasteiger partial charge in [-0.1, -0.05) is 26.0 Å². The summed E-state index contributed by atoms with van der Waals surface area (Å²) in [5.41, 5.74) is 0.690. The molecular weight excluding hydrogens is 306 g/mol. The third kappa shape index (κ3) is 4.84. The van der Waals surface area contributed by atoms with Gasteiger partial charge in [0.1, 0.15) is 0 Å². The van der Waals surface area contributed by atoms with Crippen molar-refractivity contribution in [1.29, 1.82) is 0 Å². The maximum atomic E-state index is 12.0. The molecule has 0 aliphatic carbocycles. The second-order valence-electron chi connectivity index (χ2n) is 5.24. The zero-order valence-electron chi connectivity index (χ0n) is 12.9. The summed E-state index contributed by atoms with van der Waals surface area (Å²) >= 11 is 0. The fourth-order valence-electron chi connectivity index (χ4n) is 1.88. The summed E-state index contributed by atoms with van der Waals surface area (Å²) in [5.74, 6) is -1.76. The van der Waals surface area contributed by atoms with Crippen LogP contribution in [-0.4, -0.2) is 49.6 Å². The molecule has 0 saturated carbocycles. The van der Waals surface area contributed by atoms with Crippen molar-refractivity contribution >= 4 is 21.7 Å². The Labute approximate surface area is 130 Å². The quantitative estimate of drug-likeness (QED) is 0.812. The SMILES string of the molecule is CCS(=O)(=O)c1ccc(CC(=O)N(C)CC(C)C(=O)O)cc1. The minimum atomic E-state index is -3.25. The zero-order valence-corrected chi connectivity index (χ0v) is 13.8. The van der Waals surface area contributed by atoms with E-state index in [0.29, 0.717) is 5.56 Å². The van der Waals surface area contributed by atoms with Gasteiger partial charge in [-0.3, -0.25) is 9.59 Å². The van der Waals surface area contributed by atoms with Crippen molar-refractivity contribution in [3.8, 4) is 0 Å². The van der Waals surface area contributed by atoms with E-state index in [2.05, 4.69) is 0 Å². The molecule has 0 fully saturated rings. The topological polar surface area (TPSA) is 91.8 Å². The lowest BCUT2D eigenvalue weighted by molar-refractivity contribution is -0.142. The summed E-state index contributed by atoms with van der Waals surface area (Å²) < 4.78 is 23.4. The first-order valence-electron chi connectivity index (χ1n) is 6.95. The third-order valence-corrected chi connectivity index (χ3v) is 5.16. The highest BCUT2D eigenvalue weighted by atomic mass is 32.2. The number of carbonyl (C=O) groups excluding carboxylic acids is 1. The predicted molar refractivity (Wildman–Crippen MR) is 82.3 cm³/mol. The van der Waals surface area contributed by atoms with Crippen LogP contribution >= 0.6 is 0 Å². The largest absolute Gasteiger partial charge is 0.481 e. The minimum Gasteiger partial charge on any atom is -0.481 e. The molecule has 1 rings (SSSR count). The smallest absolute Gasteiger partial charge is 0.308 e. The minimum absolute atomic E-state index is 0.0289. The van der Waals surface area contributed by atoms with Crippen LogP contribution in [0.3, 0.4) is 0 Å². The molecule has 1 aromatic carbocycles. The Morgan fingerprint density at radius 3 is 2.23 bits per heavy atom. The van der Waals surface area contributed by atoms with Crippen LogP contribution in [0.25, 0.3) is 0 Å². The number of carboxylic acids is 1. The first-order chi connectivity index (χ1) is 10.2. The van der Waals surface area contributed by atoms with Crippen LogP contribution < -0.4 is 0 Å². The van der Waals surface area contributed by atoms with Gasteiger partial charge in [-0.25, -0.2) is 8.42 Å². The molecule has 0 bridgehead atoms. The average molecular weight is 327 g/mol. The molecule has 0 spiro atoms. The lowest BCUT2D eigenvalue weighted by Gasteiger charge is -2.19. The molecule has 1 amide bonds. The van der Waals surface area contributed by atoms with Crippen molar-refractivity contribution in [3.63, 3.8) is 0 Å². The summed E-state index contributed by atoms with van der Waals surface area (Å²) in [7, 11) is -1.69. The van der Waals surface area contributed by atoms with Gasteiger partial charge in [0.25, 0.3) is 0 Å². The van der Waals surface area contributed by atoms with Crippen LogP contribution in [0.4, 0.5) is 0 Å². The van der Waals surface area contributed by atoms with Gasteiger partial charge in [0.15, 0.2) is 9.84 Å². The van der Waals surface area contributed by atoms with Crippen molar-refractivity contribution in [3.05, 3.63) is 29.8 Å². The highest BCUT2D eigenvalue weighted by Gasteiger charge is 2.18. The van der Waals surface area contributed by atoms with Gasteiger partial charge >= 0.3 is 5.97 Å². The number of hydrogen-bond acceptors (Lipinski definition) is 4. The predicted octanol–water partition coefficient (Wildman–Crippen LogP) is 1.20. The van der Waals surface area contributed by atoms with Crippen LogP contribution in [0.1, 0.15) is 19.4 Å². The van der Waals surface area contributed by atoms with Crippen LogP contribution in [0.5, 0.6) is 0 Å². The van der Waals surface area contributed by atoms with Gasteiger partial charge in [0, 0.05) is 13.6 Å². The monoisotopic (exact) mass is 327 g/mol. The number of aliphatic carboxylic acids is 1. The molecule has 1 N–H and O–H groups in total. The van der Waals surface area contributed by atoms with Gasteiger partial charge in [0.05, 0.1) is 23.0 Å². The number of nitrogens with zero attached hydrogens (tertiary/aromatic N) is 1. The van der Waals surface area contributed by atoms with Gasteiger partial charge in [-0.2, -0.15) is 0 Å². The molecule has 6 nitrogen and oxygen atoms in total. The number of benzene rings is 1. The van der Waals surface area contributed by atoms with Crippen molar-refractivity contribution in [2.45, 2.75) is 25.2 Å². The first-order valence-corrected chi connectivity index (χ1v) is 8.61. The second-order valence-corrected chi connectivity index (χ2v) is 7.52. The van der Waals surface area contributed by atoms with Gasteiger partial charge in [-0.05, 0) is 17.7 Å². The summed E-state index contributed by atoms with van der Waals surface area (Å²) in [6.07, 6.45) is 0.106. The summed E-state index contributed by atoms with van der Waals surface area (Å²) in [5, 5.41) is 8.84. The van der Waals surface area contributed by atoms with E-state index in [1.807, 2.05) is 0 Å². The third-order valence-electron chi connectivity index (χ3n) is 3.41. The van der Waals surface area contributed by atoms with E-state index in [9.17, 15) is 18.0 Å². The van der Waals surface area contributed by atoms with E-state index < -0.39 is 21.7 Å². The molecule has 0 radical (unpaired) electrons. The molecule has 0 heterocycles. The Morgan fingerprint density at radius 1 is 1.23 bits per heavy atom. The Kier molecular flexibility index (Phi) is 6.11. The average Bonchev–Trinajstić information content (AvgIpc) is 2.47. The number of carbonyl (C=O) groups is 2. The van der Waals surface area contributed by atoms with Crippen molar-refractivity contribution in [1.82, 2.24) is 4.90 Å². The highest BCUT2D eigenvalue weighted by molar-refractivity contribution is 7.91. The van der Waals surface area contributed by atoms with E-state index in [4.69, 9.17) is 5.11 Å². The van der Waals surface area contributed by atoms with E-state index in [-0.39, 0.29) is 29.5 Å². The van der Waals surface area contributed by atoms with E-state index in [1.54, 1.807) is 26.1 Å². The lowest BCUT2D eigenvalue weighted by atomic mass is 10.1. The van der Waals surface area contributed by atoms with Crippen molar-refractivity contribution < 1.29 is 23.1 Å². The molecule has 0 saturated heterocycles. The number of rotatable bonds is 7.